The topological polar surface area (TPSA) is 91.0 Å². The van der Waals surface area contributed by atoms with Gasteiger partial charge >= 0.3 is 6.03 Å². The Morgan fingerprint density at radius 1 is 1.21 bits per heavy atom. The number of hydrogen-bond acceptors (Lipinski definition) is 3. The molecule has 1 unspecified atom stereocenters. The summed E-state index contributed by atoms with van der Waals surface area (Å²) in [6, 6.07) is 11.6. The van der Waals surface area contributed by atoms with Crippen molar-refractivity contribution in [3.05, 3.63) is 59.4 Å². The lowest BCUT2D eigenvalue weighted by molar-refractivity contribution is 0.223. The zero-order valence-corrected chi connectivity index (χ0v) is 17.6. The van der Waals surface area contributed by atoms with Crippen molar-refractivity contribution >= 4 is 23.6 Å². The zero-order valence-electron chi connectivity index (χ0n) is 17.6. The van der Waals surface area contributed by atoms with Crippen LogP contribution >= 0.6 is 0 Å². The molecule has 0 heterocycles. The number of hydrogen-bond donors (Lipinski definition) is 4. The van der Waals surface area contributed by atoms with Crippen LogP contribution in [0.5, 0.6) is 0 Å². The molecule has 5 nitrogen and oxygen atoms in total. The van der Waals surface area contributed by atoms with Crippen molar-refractivity contribution in [2.75, 3.05) is 11.9 Å². The molecule has 0 saturated carbocycles. The van der Waals surface area contributed by atoms with Crippen LogP contribution < -0.4 is 16.4 Å². The molecule has 6 heteroatoms. The Kier molecular flexibility index (Phi) is 7.37. The van der Waals surface area contributed by atoms with Gasteiger partial charge in [0, 0.05) is 29.7 Å². The van der Waals surface area contributed by atoms with E-state index in [0.29, 0.717) is 12.5 Å². The second-order valence-electron chi connectivity index (χ2n) is 8.51. The van der Waals surface area contributed by atoms with Crippen LogP contribution in [-0.2, 0) is 0 Å². The van der Waals surface area contributed by atoms with Crippen molar-refractivity contribution in [3.8, 4) is 0 Å². The van der Waals surface area contributed by atoms with Gasteiger partial charge in [0.2, 0.25) is 0 Å². The second-order valence-corrected chi connectivity index (χ2v) is 8.51. The molecule has 0 saturated heterocycles. The van der Waals surface area contributed by atoms with Gasteiger partial charge < -0.3 is 21.8 Å². The number of halogens is 1. The molecule has 0 fully saturated rings. The van der Waals surface area contributed by atoms with Gasteiger partial charge in [0.15, 0.2) is 0 Å². The highest BCUT2D eigenvalue weighted by Gasteiger charge is 2.32. The number of carbonyl (C=O) groups excluding carboxylic acids is 1. The minimum absolute atomic E-state index is 0.174. The third-order valence-corrected chi connectivity index (χ3v) is 5.13. The van der Waals surface area contributed by atoms with E-state index >= 15 is 0 Å². The zero-order chi connectivity index (χ0) is 21.6. The van der Waals surface area contributed by atoms with Gasteiger partial charge in [-0.25, -0.2) is 9.18 Å². The van der Waals surface area contributed by atoms with Crippen LogP contribution in [0.15, 0.2) is 42.5 Å². The Bertz CT molecular complexity index is 846. The highest BCUT2D eigenvalue weighted by atomic mass is 19.1. The maximum Gasteiger partial charge on any atom is 0.312 e. The van der Waals surface area contributed by atoms with E-state index in [1.54, 1.807) is 12.1 Å². The Hall–Kier alpha value is -2.89. The molecule has 0 bridgehead atoms. The van der Waals surface area contributed by atoms with Gasteiger partial charge in [0.05, 0.1) is 0 Å². The molecule has 0 spiro atoms. The summed E-state index contributed by atoms with van der Waals surface area (Å²) in [5.74, 6) is 0.350. The van der Waals surface area contributed by atoms with E-state index in [1.807, 2.05) is 12.1 Å². The lowest BCUT2D eigenvalue weighted by Gasteiger charge is -2.36. The first kappa shape index (κ1) is 22.4. The van der Waals surface area contributed by atoms with Crippen molar-refractivity contribution in [1.82, 2.24) is 5.32 Å². The first-order valence-electron chi connectivity index (χ1n) is 9.82. The number of amides is 2. The predicted molar refractivity (Wildman–Crippen MR) is 118 cm³/mol. The number of carbonyl (C=O) groups is 1. The van der Waals surface area contributed by atoms with Crippen LogP contribution in [0.3, 0.4) is 0 Å². The summed E-state index contributed by atoms with van der Waals surface area (Å²) in [4.78, 5) is 11.2. The van der Waals surface area contributed by atoms with Crippen LogP contribution in [0.25, 0.3) is 0 Å². The molecule has 1 atom stereocenters. The molecule has 0 aliphatic carbocycles. The van der Waals surface area contributed by atoms with Crippen LogP contribution in [0.1, 0.15) is 51.2 Å². The normalized spacial score (nSPS) is 12.5. The summed E-state index contributed by atoms with van der Waals surface area (Å²) in [6.45, 7) is 9.05. The Morgan fingerprint density at radius 2 is 1.86 bits per heavy atom. The first-order chi connectivity index (χ1) is 13.6. The molecule has 0 aromatic heterocycles. The standard InChI is InChI=1S/C23H31FN4O/c1-15(2)11-20(23(3,4)14-27-22(26)29)16-5-10-21(17(12-16)13-25)28-19-8-6-18(24)7-9-19/h5-10,12-13,15,20,25,28H,11,14H2,1-4H3,(H3,26,27,29). The predicted octanol–water partition coefficient (Wildman–Crippen LogP) is 5.39. The van der Waals surface area contributed by atoms with Crippen molar-refractivity contribution in [3.63, 3.8) is 0 Å². The molecule has 156 valence electrons. The number of nitrogens with one attached hydrogen (secondary N) is 3. The summed E-state index contributed by atoms with van der Waals surface area (Å²) in [5.41, 5.74) is 8.46. The van der Waals surface area contributed by atoms with E-state index < -0.39 is 6.03 Å². The Balaban J connectivity index is 2.34. The van der Waals surface area contributed by atoms with E-state index in [0.717, 1.165) is 28.9 Å². The van der Waals surface area contributed by atoms with Crippen molar-refractivity contribution < 1.29 is 9.18 Å². The fraction of sp³-hybridized carbons (Fsp3) is 0.391. The molecule has 0 aliphatic heterocycles. The highest BCUT2D eigenvalue weighted by Crippen LogP contribution is 2.41. The quantitative estimate of drug-likeness (QED) is 0.426. The van der Waals surface area contributed by atoms with Crippen molar-refractivity contribution in [2.24, 2.45) is 17.1 Å². The molecule has 2 aromatic carbocycles. The molecule has 29 heavy (non-hydrogen) atoms. The molecule has 2 rings (SSSR count). The average Bonchev–Trinajstić information content (AvgIpc) is 2.66. The summed E-state index contributed by atoms with van der Waals surface area (Å²) in [6.07, 6.45) is 2.26. The average molecular weight is 399 g/mol. The Morgan fingerprint density at radius 3 is 2.41 bits per heavy atom. The van der Waals surface area contributed by atoms with Gasteiger partial charge in [-0.05, 0) is 65.6 Å². The summed E-state index contributed by atoms with van der Waals surface area (Å²) in [5, 5.41) is 13.8. The SMILES string of the molecule is CC(C)CC(c1ccc(Nc2ccc(F)cc2)c(C=N)c1)C(C)(C)CNC(N)=O. The van der Waals surface area contributed by atoms with Crippen LogP contribution in [-0.4, -0.2) is 18.8 Å². The lowest BCUT2D eigenvalue weighted by Crippen LogP contribution is -2.40. The molecule has 2 aromatic rings. The number of primary amides is 1. The highest BCUT2D eigenvalue weighted by molar-refractivity contribution is 5.87. The largest absolute Gasteiger partial charge is 0.355 e. The second kappa shape index (κ2) is 9.54. The fourth-order valence-electron chi connectivity index (χ4n) is 3.54. The van der Waals surface area contributed by atoms with Crippen molar-refractivity contribution in [1.29, 1.82) is 5.41 Å². The third-order valence-electron chi connectivity index (χ3n) is 5.13. The van der Waals surface area contributed by atoms with Crippen molar-refractivity contribution in [2.45, 2.75) is 40.0 Å². The number of rotatable bonds is 9. The van der Waals surface area contributed by atoms with Gasteiger partial charge in [-0.15, -0.1) is 0 Å². The molecule has 5 N–H and O–H groups in total. The summed E-state index contributed by atoms with van der Waals surface area (Å²) >= 11 is 0. The van der Waals surface area contributed by atoms with E-state index in [1.165, 1.54) is 18.3 Å². The molecule has 0 radical (unpaired) electrons. The maximum atomic E-state index is 13.1. The van der Waals surface area contributed by atoms with Gasteiger partial charge in [-0.2, -0.15) is 0 Å². The van der Waals surface area contributed by atoms with Crippen LogP contribution in [0.4, 0.5) is 20.6 Å². The molecular weight excluding hydrogens is 367 g/mol. The van der Waals surface area contributed by atoms with Crippen LogP contribution in [0, 0.1) is 22.6 Å². The number of urea groups is 1. The van der Waals surface area contributed by atoms with Gasteiger partial charge in [-0.1, -0.05) is 33.8 Å². The molecule has 2 amide bonds. The first-order valence-corrected chi connectivity index (χ1v) is 9.82. The molecular formula is C23H31FN4O. The minimum atomic E-state index is -0.527. The Labute approximate surface area is 172 Å². The smallest absolute Gasteiger partial charge is 0.312 e. The third kappa shape index (κ3) is 6.31. The van der Waals surface area contributed by atoms with Gasteiger partial charge in [-0.3, -0.25) is 0 Å². The fourth-order valence-corrected chi connectivity index (χ4v) is 3.54. The van der Waals surface area contributed by atoms with Crippen LogP contribution in [0.2, 0.25) is 0 Å². The van der Waals surface area contributed by atoms with E-state index in [4.69, 9.17) is 11.1 Å². The number of nitrogens with two attached hydrogens (primary N) is 1. The minimum Gasteiger partial charge on any atom is -0.355 e. The molecule has 0 aliphatic rings. The van der Waals surface area contributed by atoms with E-state index in [9.17, 15) is 9.18 Å². The lowest BCUT2D eigenvalue weighted by atomic mass is 9.71. The summed E-state index contributed by atoms with van der Waals surface area (Å²) < 4.78 is 13.1. The maximum absolute atomic E-state index is 13.1. The van der Waals surface area contributed by atoms with Gasteiger partial charge in [0.25, 0.3) is 0 Å². The number of benzene rings is 2. The van der Waals surface area contributed by atoms with Gasteiger partial charge in [0.1, 0.15) is 5.82 Å². The monoisotopic (exact) mass is 398 g/mol. The summed E-state index contributed by atoms with van der Waals surface area (Å²) in [7, 11) is 0. The van der Waals surface area contributed by atoms with E-state index in [2.05, 4.69) is 44.4 Å². The van der Waals surface area contributed by atoms with E-state index in [-0.39, 0.29) is 17.2 Å². The number of anilines is 2.